The number of amides is 1. The number of phenolic OH excluding ortho intramolecular Hbond substituents is 2. The van der Waals surface area contributed by atoms with E-state index in [9.17, 15) is 15.0 Å². The standard InChI is InChI=1S/C21H25N5O3/c1-12(2)15-9-16(18(28)10-17(15)27)20-23-24-21(19(22)29)26(20)14-7-5-13(6-8-14)11-25(3)4/h5-10,12,27-28H,11H2,1-4H3,(H2,22,29). The molecule has 4 N–H and O–H groups in total. The van der Waals surface area contributed by atoms with Crippen LogP contribution in [0.4, 0.5) is 0 Å². The molecule has 2 aromatic carbocycles. The topological polar surface area (TPSA) is 118 Å². The number of hydrogen-bond acceptors (Lipinski definition) is 6. The Bertz CT molecular complexity index is 1040. The van der Waals surface area contributed by atoms with Crippen LogP contribution in [0.3, 0.4) is 0 Å². The van der Waals surface area contributed by atoms with Crippen LogP contribution < -0.4 is 5.73 Å². The SMILES string of the molecule is CC(C)c1cc(-c2nnc(C(N)=O)n2-c2ccc(CN(C)C)cc2)c(O)cc1O. The van der Waals surface area contributed by atoms with Crippen LogP contribution in [0, 0.1) is 0 Å². The van der Waals surface area contributed by atoms with Crippen LogP contribution >= 0.6 is 0 Å². The van der Waals surface area contributed by atoms with Crippen molar-refractivity contribution in [2.75, 3.05) is 14.1 Å². The quantitative estimate of drug-likeness (QED) is 0.591. The second kappa shape index (κ2) is 7.92. The minimum absolute atomic E-state index is 0.00419. The molecule has 1 amide bonds. The molecule has 0 saturated heterocycles. The fourth-order valence-electron chi connectivity index (χ4n) is 3.21. The van der Waals surface area contributed by atoms with Crippen molar-refractivity contribution in [3.8, 4) is 28.6 Å². The maximum Gasteiger partial charge on any atom is 0.287 e. The number of aromatic hydroxyl groups is 2. The number of benzene rings is 2. The molecule has 1 aromatic heterocycles. The zero-order valence-electron chi connectivity index (χ0n) is 16.9. The van der Waals surface area contributed by atoms with Crippen LogP contribution in [0.1, 0.15) is 41.5 Å². The minimum Gasteiger partial charge on any atom is -0.508 e. The molecule has 3 rings (SSSR count). The van der Waals surface area contributed by atoms with Crippen molar-refractivity contribution in [1.82, 2.24) is 19.7 Å². The Hall–Kier alpha value is -3.39. The van der Waals surface area contributed by atoms with Gasteiger partial charge in [0.15, 0.2) is 5.82 Å². The Kier molecular flexibility index (Phi) is 5.56. The summed E-state index contributed by atoms with van der Waals surface area (Å²) in [4.78, 5) is 14.0. The average Bonchev–Trinajstić information content (AvgIpc) is 3.06. The molecule has 0 unspecified atom stereocenters. The van der Waals surface area contributed by atoms with Gasteiger partial charge in [-0.1, -0.05) is 26.0 Å². The van der Waals surface area contributed by atoms with E-state index in [1.165, 1.54) is 10.6 Å². The van der Waals surface area contributed by atoms with Crippen molar-refractivity contribution >= 4 is 5.91 Å². The first-order valence-corrected chi connectivity index (χ1v) is 9.24. The van der Waals surface area contributed by atoms with Crippen LogP contribution in [-0.4, -0.2) is 49.9 Å². The summed E-state index contributed by atoms with van der Waals surface area (Å²) in [5.41, 5.74) is 8.25. The molecule has 0 aliphatic rings. The van der Waals surface area contributed by atoms with E-state index in [-0.39, 0.29) is 29.1 Å². The van der Waals surface area contributed by atoms with Gasteiger partial charge in [-0.3, -0.25) is 9.36 Å². The van der Waals surface area contributed by atoms with Crippen LogP contribution in [0.25, 0.3) is 17.1 Å². The maximum atomic E-state index is 12.0. The molecule has 0 radical (unpaired) electrons. The second-order valence-electron chi connectivity index (χ2n) is 7.53. The molecule has 0 atom stereocenters. The third kappa shape index (κ3) is 4.07. The van der Waals surface area contributed by atoms with Crippen molar-refractivity contribution in [3.05, 3.63) is 53.3 Å². The highest BCUT2D eigenvalue weighted by atomic mass is 16.3. The van der Waals surface area contributed by atoms with Crippen molar-refractivity contribution < 1.29 is 15.0 Å². The average molecular weight is 395 g/mol. The molecule has 0 aliphatic heterocycles. The fourth-order valence-corrected chi connectivity index (χ4v) is 3.21. The lowest BCUT2D eigenvalue weighted by atomic mass is 9.98. The van der Waals surface area contributed by atoms with Crippen LogP contribution in [0.15, 0.2) is 36.4 Å². The first-order chi connectivity index (χ1) is 13.7. The lowest BCUT2D eigenvalue weighted by Gasteiger charge is -2.15. The number of phenols is 2. The van der Waals surface area contributed by atoms with E-state index in [2.05, 4.69) is 15.1 Å². The lowest BCUT2D eigenvalue weighted by Crippen LogP contribution is -2.18. The van der Waals surface area contributed by atoms with Crippen molar-refractivity contribution in [2.24, 2.45) is 5.73 Å². The van der Waals surface area contributed by atoms with Gasteiger partial charge in [-0.05, 0) is 49.3 Å². The number of nitrogens with two attached hydrogens (primary N) is 1. The summed E-state index contributed by atoms with van der Waals surface area (Å²) in [5.74, 6) is -0.663. The second-order valence-corrected chi connectivity index (χ2v) is 7.53. The predicted octanol–water partition coefficient (Wildman–Crippen LogP) is 2.63. The van der Waals surface area contributed by atoms with Gasteiger partial charge in [0, 0.05) is 18.3 Å². The first kappa shape index (κ1) is 20.3. The zero-order valence-corrected chi connectivity index (χ0v) is 16.9. The third-order valence-corrected chi connectivity index (χ3v) is 4.58. The van der Waals surface area contributed by atoms with E-state index in [0.29, 0.717) is 16.8 Å². The van der Waals surface area contributed by atoms with Crippen LogP contribution in [-0.2, 0) is 6.54 Å². The van der Waals surface area contributed by atoms with E-state index in [4.69, 9.17) is 5.73 Å². The van der Waals surface area contributed by atoms with Gasteiger partial charge in [-0.2, -0.15) is 0 Å². The molecular weight excluding hydrogens is 370 g/mol. The number of primary amides is 1. The van der Waals surface area contributed by atoms with Crippen molar-refractivity contribution in [1.29, 1.82) is 0 Å². The first-order valence-electron chi connectivity index (χ1n) is 9.24. The highest BCUT2D eigenvalue weighted by Crippen LogP contribution is 2.38. The van der Waals surface area contributed by atoms with Gasteiger partial charge >= 0.3 is 0 Å². The summed E-state index contributed by atoms with van der Waals surface area (Å²) in [6.07, 6.45) is 0. The van der Waals surface area contributed by atoms with E-state index in [1.807, 2.05) is 52.2 Å². The summed E-state index contributed by atoms with van der Waals surface area (Å²) in [5, 5.41) is 28.6. The number of aromatic nitrogens is 3. The summed E-state index contributed by atoms with van der Waals surface area (Å²) < 4.78 is 1.51. The zero-order chi connectivity index (χ0) is 21.3. The smallest absolute Gasteiger partial charge is 0.287 e. The maximum absolute atomic E-state index is 12.0. The summed E-state index contributed by atoms with van der Waals surface area (Å²) in [6.45, 7) is 4.63. The molecule has 0 saturated carbocycles. The highest BCUT2D eigenvalue weighted by Gasteiger charge is 2.23. The van der Waals surface area contributed by atoms with E-state index >= 15 is 0 Å². The van der Waals surface area contributed by atoms with Gasteiger partial charge in [-0.15, -0.1) is 10.2 Å². The molecule has 8 heteroatoms. The number of hydrogen-bond donors (Lipinski definition) is 3. The normalized spacial score (nSPS) is 11.4. The molecule has 1 heterocycles. The molecule has 0 bridgehead atoms. The van der Waals surface area contributed by atoms with Gasteiger partial charge in [0.1, 0.15) is 11.5 Å². The van der Waals surface area contributed by atoms with Gasteiger partial charge in [-0.25, -0.2) is 0 Å². The lowest BCUT2D eigenvalue weighted by molar-refractivity contribution is 0.0988. The predicted molar refractivity (Wildman–Crippen MR) is 110 cm³/mol. The number of rotatable bonds is 6. The fraction of sp³-hybridized carbons (Fsp3) is 0.286. The van der Waals surface area contributed by atoms with Gasteiger partial charge in [0.2, 0.25) is 5.82 Å². The molecule has 29 heavy (non-hydrogen) atoms. The van der Waals surface area contributed by atoms with E-state index in [0.717, 1.165) is 12.1 Å². The summed E-state index contributed by atoms with van der Waals surface area (Å²) in [7, 11) is 3.97. The molecule has 0 fully saturated rings. The molecule has 0 aliphatic carbocycles. The Labute approximate surface area is 169 Å². The minimum atomic E-state index is -0.733. The Morgan fingerprint density at radius 3 is 2.31 bits per heavy atom. The molecule has 3 aromatic rings. The monoisotopic (exact) mass is 395 g/mol. The molecule has 8 nitrogen and oxygen atoms in total. The molecular formula is C21H25N5O3. The summed E-state index contributed by atoms with van der Waals surface area (Å²) >= 11 is 0. The van der Waals surface area contributed by atoms with Crippen molar-refractivity contribution in [2.45, 2.75) is 26.3 Å². The number of carbonyl (C=O) groups excluding carboxylic acids is 1. The Morgan fingerprint density at radius 1 is 1.10 bits per heavy atom. The number of nitrogens with zero attached hydrogens (tertiary/aromatic N) is 4. The number of carbonyl (C=O) groups is 1. The van der Waals surface area contributed by atoms with E-state index in [1.54, 1.807) is 6.07 Å². The molecule has 152 valence electrons. The van der Waals surface area contributed by atoms with Crippen molar-refractivity contribution in [3.63, 3.8) is 0 Å². The third-order valence-electron chi connectivity index (χ3n) is 4.58. The van der Waals surface area contributed by atoms with Gasteiger partial charge in [0.05, 0.1) is 5.56 Å². The molecule has 0 spiro atoms. The van der Waals surface area contributed by atoms with E-state index < -0.39 is 5.91 Å². The Balaban J connectivity index is 2.18. The highest BCUT2D eigenvalue weighted by molar-refractivity contribution is 5.90. The van der Waals surface area contributed by atoms with Gasteiger partial charge < -0.3 is 20.8 Å². The van der Waals surface area contributed by atoms with Crippen LogP contribution in [0.2, 0.25) is 0 Å². The Morgan fingerprint density at radius 2 is 1.76 bits per heavy atom. The van der Waals surface area contributed by atoms with Gasteiger partial charge in [0.25, 0.3) is 5.91 Å². The summed E-state index contributed by atoms with van der Waals surface area (Å²) in [6, 6.07) is 10.5. The van der Waals surface area contributed by atoms with Crippen LogP contribution in [0.5, 0.6) is 11.5 Å². The largest absolute Gasteiger partial charge is 0.508 e.